The lowest BCUT2D eigenvalue weighted by Gasteiger charge is -2.13. The summed E-state index contributed by atoms with van der Waals surface area (Å²) in [5, 5.41) is 15.0. The number of carbonyl (C=O) groups excluding carboxylic acids is 3. The Balaban J connectivity index is 1.67. The summed E-state index contributed by atoms with van der Waals surface area (Å²) in [6, 6.07) is 18.4. The van der Waals surface area contributed by atoms with Gasteiger partial charge in [0, 0.05) is 11.4 Å². The SMILES string of the molecule is COC(=O)c1ccc(NC(=O)/C(C#N)=C\c2ccc(OCC(=O)Nc3cccc(C)c3C)c(OC)c2)cc1. The first-order chi connectivity index (χ1) is 18.2. The molecule has 0 aliphatic rings. The van der Waals surface area contributed by atoms with Crippen LogP contribution in [0.4, 0.5) is 11.4 Å². The number of anilines is 2. The molecule has 194 valence electrons. The standard InChI is InChI=1S/C29H27N3O6/c1-18-6-5-7-24(19(18)2)32-27(33)17-38-25-13-8-20(15-26(25)36-3)14-22(16-30)28(34)31-23-11-9-21(10-12-23)29(35)37-4/h5-15H,17H2,1-4H3,(H,31,34)(H,32,33)/b22-14-. The van der Waals surface area contributed by atoms with Crippen LogP contribution in [0.25, 0.3) is 6.08 Å². The number of benzene rings is 3. The number of carbonyl (C=O) groups is 3. The van der Waals surface area contributed by atoms with Crippen molar-refractivity contribution in [3.05, 3.63) is 88.5 Å². The quantitative estimate of drug-likeness (QED) is 0.242. The maximum Gasteiger partial charge on any atom is 0.337 e. The van der Waals surface area contributed by atoms with Crippen molar-refractivity contribution in [1.82, 2.24) is 0 Å². The molecule has 3 aromatic rings. The summed E-state index contributed by atoms with van der Waals surface area (Å²) in [5.41, 5.74) is 3.87. The van der Waals surface area contributed by atoms with E-state index >= 15 is 0 Å². The zero-order valence-electron chi connectivity index (χ0n) is 21.5. The topological polar surface area (TPSA) is 127 Å². The van der Waals surface area contributed by atoms with Crippen molar-refractivity contribution < 1.29 is 28.6 Å². The van der Waals surface area contributed by atoms with Crippen LogP contribution in [0.5, 0.6) is 11.5 Å². The summed E-state index contributed by atoms with van der Waals surface area (Å²) in [4.78, 5) is 36.6. The van der Waals surface area contributed by atoms with Crippen molar-refractivity contribution >= 4 is 35.2 Å². The van der Waals surface area contributed by atoms with Gasteiger partial charge in [0.1, 0.15) is 11.6 Å². The number of amides is 2. The lowest BCUT2D eigenvalue weighted by molar-refractivity contribution is -0.118. The van der Waals surface area contributed by atoms with Crippen molar-refractivity contribution in [3.63, 3.8) is 0 Å². The Bertz CT molecular complexity index is 1420. The number of methoxy groups -OCH3 is 2. The Morgan fingerprint density at radius 2 is 1.68 bits per heavy atom. The highest BCUT2D eigenvalue weighted by Crippen LogP contribution is 2.29. The van der Waals surface area contributed by atoms with Gasteiger partial charge in [0.25, 0.3) is 11.8 Å². The number of hydrogen-bond donors (Lipinski definition) is 2. The number of ether oxygens (including phenoxy) is 3. The average Bonchev–Trinajstić information content (AvgIpc) is 2.93. The summed E-state index contributed by atoms with van der Waals surface area (Å²) in [6.07, 6.45) is 1.40. The molecule has 0 fully saturated rings. The van der Waals surface area contributed by atoms with Gasteiger partial charge in [-0.15, -0.1) is 0 Å². The smallest absolute Gasteiger partial charge is 0.337 e. The largest absolute Gasteiger partial charge is 0.493 e. The molecule has 0 aliphatic heterocycles. The van der Waals surface area contributed by atoms with Gasteiger partial charge in [-0.2, -0.15) is 5.26 Å². The molecule has 0 unspecified atom stereocenters. The number of nitrogens with one attached hydrogen (secondary N) is 2. The van der Waals surface area contributed by atoms with E-state index < -0.39 is 11.9 Å². The molecular weight excluding hydrogens is 486 g/mol. The maximum atomic E-state index is 12.6. The molecule has 0 saturated heterocycles. The average molecular weight is 514 g/mol. The summed E-state index contributed by atoms with van der Waals surface area (Å²) in [6.45, 7) is 3.66. The number of hydrogen-bond acceptors (Lipinski definition) is 7. The monoisotopic (exact) mass is 513 g/mol. The highest BCUT2D eigenvalue weighted by atomic mass is 16.5. The Morgan fingerprint density at radius 3 is 2.34 bits per heavy atom. The van der Waals surface area contributed by atoms with Gasteiger partial charge < -0.3 is 24.8 Å². The molecular formula is C29H27N3O6. The molecule has 0 atom stereocenters. The van der Waals surface area contributed by atoms with E-state index in [4.69, 9.17) is 9.47 Å². The second-order valence-corrected chi connectivity index (χ2v) is 8.19. The Labute approximate surface area is 220 Å². The van der Waals surface area contributed by atoms with Gasteiger partial charge in [-0.25, -0.2) is 4.79 Å². The Morgan fingerprint density at radius 1 is 0.947 bits per heavy atom. The van der Waals surface area contributed by atoms with Crippen LogP contribution < -0.4 is 20.1 Å². The Kier molecular flexibility index (Phi) is 9.21. The van der Waals surface area contributed by atoms with Gasteiger partial charge in [-0.1, -0.05) is 18.2 Å². The lowest BCUT2D eigenvalue weighted by Crippen LogP contribution is -2.21. The molecule has 9 nitrogen and oxygen atoms in total. The lowest BCUT2D eigenvalue weighted by atomic mass is 10.1. The van der Waals surface area contributed by atoms with E-state index in [2.05, 4.69) is 15.4 Å². The third-order valence-corrected chi connectivity index (χ3v) is 5.67. The van der Waals surface area contributed by atoms with Crippen LogP contribution in [0.15, 0.2) is 66.2 Å². The minimum Gasteiger partial charge on any atom is -0.493 e. The molecule has 0 heterocycles. The second-order valence-electron chi connectivity index (χ2n) is 8.19. The van der Waals surface area contributed by atoms with Crippen molar-refractivity contribution in [2.45, 2.75) is 13.8 Å². The fourth-order valence-electron chi connectivity index (χ4n) is 3.43. The van der Waals surface area contributed by atoms with Crippen LogP contribution in [-0.4, -0.2) is 38.6 Å². The molecule has 0 saturated carbocycles. The van der Waals surface area contributed by atoms with E-state index in [-0.39, 0.29) is 18.1 Å². The minimum absolute atomic E-state index is 0.148. The zero-order chi connectivity index (χ0) is 27.7. The van der Waals surface area contributed by atoms with E-state index in [1.165, 1.54) is 44.6 Å². The second kappa shape index (κ2) is 12.7. The molecule has 9 heteroatoms. The van der Waals surface area contributed by atoms with Gasteiger partial charge >= 0.3 is 5.97 Å². The maximum absolute atomic E-state index is 12.6. The summed E-state index contributed by atoms with van der Waals surface area (Å²) in [7, 11) is 2.72. The van der Waals surface area contributed by atoms with Gasteiger partial charge in [0.2, 0.25) is 0 Å². The van der Waals surface area contributed by atoms with Gasteiger partial charge in [0.15, 0.2) is 18.1 Å². The molecule has 38 heavy (non-hydrogen) atoms. The van der Waals surface area contributed by atoms with E-state index in [9.17, 15) is 19.6 Å². The van der Waals surface area contributed by atoms with Gasteiger partial charge in [-0.05, 0) is 79.1 Å². The fraction of sp³-hybridized carbons (Fsp3) is 0.172. The van der Waals surface area contributed by atoms with Crippen LogP contribution >= 0.6 is 0 Å². The fourth-order valence-corrected chi connectivity index (χ4v) is 3.43. The van der Waals surface area contributed by atoms with Gasteiger partial charge in [-0.3, -0.25) is 9.59 Å². The molecule has 0 aromatic heterocycles. The third-order valence-electron chi connectivity index (χ3n) is 5.67. The van der Waals surface area contributed by atoms with Gasteiger partial charge in [0.05, 0.1) is 19.8 Å². The van der Waals surface area contributed by atoms with Crippen molar-refractivity contribution in [1.29, 1.82) is 5.26 Å². The van der Waals surface area contributed by atoms with Crippen LogP contribution in [0.3, 0.4) is 0 Å². The molecule has 3 aromatic carbocycles. The summed E-state index contributed by atoms with van der Waals surface area (Å²) < 4.78 is 15.7. The predicted octanol–water partition coefficient (Wildman–Crippen LogP) is 4.66. The molecule has 0 bridgehead atoms. The third kappa shape index (κ3) is 6.98. The number of nitrogens with zero attached hydrogens (tertiary/aromatic N) is 1. The normalized spacial score (nSPS) is 10.7. The summed E-state index contributed by atoms with van der Waals surface area (Å²) in [5.74, 6) is -0.791. The molecule has 2 amide bonds. The number of aryl methyl sites for hydroxylation is 1. The number of rotatable bonds is 9. The number of esters is 1. The molecule has 2 N–H and O–H groups in total. The highest BCUT2D eigenvalue weighted by molar-refractivity contribution is 6.09. The molecule has 0 spiro atoms. The highest BCUT2D eigenvalue weighted by Gasteiger charge is 2.13. The predicted molar refractivity (Wildman–Crippen MR) is 143 cm³/mol. The van der Waals surface area contributed by atoms with Crippen LogP contribution in [0.1, 0.15) is 27.0 Å². The van der Waals surface area contributed by atoms with Crippen LogP contribution in [-0.2, 0) is 14.3 Å². The van der Waals surface area contributed by atoms with Crippen LogP contribution in [0.2, 0.25) is 0 Å². The summed E-state index contributed by atoms with van der Waals surface area (Å²) >= 11 is 0. The number of nitriles is 1. The van der Waals surface area contributed by atoms with E-state index in [0.717, 1.165) is 11.1 Å². The van der Waals surface area contributed by atoms with E-state index in [0.29, 0.717) is 34.0 Å². The first kappa shape index (κ1) is 27.5. The van der Waals surface area contributed by atoms with Crippen molar-refractivity contribution in [2.75, 3.05) is 31.5 Å². The molecule has 3 rings (SSSR count). The Hall–Kier alpha value is -5.10. The minimum atomic E-state index is -0.624. The van der Waals surface area contributed by atoms with Crippen molar-refractivity contribution in [3.8, 4) is 17.6 Å². The molecule has 0 radical (unpaired) electrons. The van der Waals surface area contributed by atoms with E-state index in [1.807, 2.05) is 38.1 Å². The zero-order valence-corrected chi connectivity index (χ0v) is 21.5. The molecule has 0 aliphatic carbocycles. The van der Waals surface area contributed by atoms with E-state index in [1.54, 1.807) is 18.2 Å². The first-order valence-corrected chi connectivity index (χ1v) is 11.5. The van der Waals surface area contributed by atoms with Crippen molar-refractivity contribution in [2.24, 2.45) is 0 Å². The first-order valence-electron chi connectivity index (χ1n) is 11.5. The van der Waals surface area contributed by atoms with Crippen LogP contribution in [0, 0.1) is 25.2 Å².